The number of hydrogen-bond acceptors (Lipinski definition) is 1. The molecular weight excluding hydrogens is 255 g/mol. The van der Waals surface area contributed by atoms with Crippen LogP contribution >= 0.6 is 0 Å². The standard InChI is InChI=1S/C14H18F3NO/c15-14(16,17)12-9-7-11(8-10-12)5-3-1-2-4-6-13(18)19/h7-10H,1-6H2,(H2,18,19). The van der Waals surface area contributed by atoms with E-state index in [-0.39, 0.29) is 5.91 Å². The lowest BCUT2D eigenvalue weighted by molar-refractivity contribution is -0.137. The minimum atomic E-state index is -4.27. The predicted octanol–water partition coefficient (Wildman–Crippen LogP) is 3.68. The zero-order valence-electron chi connectivity index (χ0n) is 10.7. The van der Waals surface area contributed by atoms with Gasteiger partial charge in [-0.05, 0) is 37.0 Å². The third-order valence-corrected chi connectivity index (χ3v) is 2.92. The number of benzene rings is 1. The lowest BCUT2D eigenvalue weighted by atomic mass is 10.0. The molecule has 0 radical (unpaired) electrons. The molecule has 0 aliphatic heterocycles. The average molecular weight is 273 g/mol. The second-order valence-corrected chi connectivity index (χ2v) is 4.58. The van der Waals surface area contributed by atoms with Gasteiger partial charge in [0.15, 0.2) is 0 Å². The maximum atomic E-state index is 12.3. The van der Waals surface area contributed by atoms with Gasteiger partial charge >= 0.3 is 6.18 Å². The Morgan fingerprint density at radius 3 is 2.11 bits per heavy atom. The lowest BCUT2D eigenvalue weighted by Crippen LogP contribution is -2.09. The highest BCUT2D eigenvalue weighted by atomic mass is 19.4. The molecule has 1 aromatic carbocycles. The van der Waals surface area contributed by atoms with Crippen molar-refractivity contribution in [3.8, 4) is 0 Å². The van der Waals surface area contributed by atoms with Crippen LogP contribution in [0.4, 0.5) is 13.2 Å². The highest BCUT2D eigenvalue weighted by Crippen LogP contribution is 2.29. The van der Waals surface area contributed by atoms with Gasteiger partial charge in [0.05, 0.1) is 5.56 Å². The van der Waals surface area contributed by atoms with Crippen LogP contribution in [0.3, 0.4) is 0 Å². The Bertz CT molecular complexity index is 398. The minimum absolute atomic E-state index is 0.289. The maximum Gasteiger partial charge on any atom is 0.416 e. The number of hydrogen-bond donors (Lipinski definition) is 1. The Morgan fingerprint density at radius 1 is 1.00 bits per heavy atom. The summed E-state index contributed by atoms with van der Waals surface area (Å²) in [5.74, 6) is -0.289. The first kappa shape index (κ1) is 15.5. The van der Waals surface area contributed by atoms with E-state index >= 15 is 0 Å². The van der Waals surface area contributed by atoms with Crippen LogP contribution in [-0.2, 0) is 17.4 Å². The van der Waals surface area contributed by atoms with Crippen LogP contribution in [0.2, 0.25) is 0 Å². The SMILES string of the molecule is NC(=O)CCCCCCc1ccc(C(F)(F)F)cc1. The molecule has 2 nitrogen and oxygen atoms in total. The molecule has 0 spiro atoms. The fourth-order valence-electron chi connectivity index (χ4n) is 1.84. The molecule has 0 fully saturated rings. The Labute approximate surface area is 110 Å². The van der Waals surface area contributed by atoms with Crippen LogP contribution in [-0.4, -0.2) is 5.91 Å². The Kier molecular flexibility index (Phi) is 5.86. The van der Waals surface area contributed by atoms with Crippen molar-refractivity contribution in [3.63, 3.8) is 0 Å². The molecule has 0 aliphatic carbocycles. The summed E-state index contributed by atoms with van der Waals surface area (Å²) in [5.41, 5.74) is 5.31. The van der Waals surface area contributed by atoms with Crippen molar-refractivity contribution in [2.75, 3.05) is 0 Å². The smallest absolute Gasteiger partial charge is 0.370 e. The number of carbonyl (C=O) groups is 1. The molecule has 0 aromatic heterocycles. The number of primary amides is 1. The number of alkyl halides is 3. The molecule has 106 valence electrons. The highest BCUT2D eigenvalue weighted by Gasteiger charge is 2.29. The Morgan fingerprint density at radius 2 is 1.58 bits per heavy atom. The van der Waals surface area contributed by atoms with Crippen LogP contribution in [0.25, 0.3) is 0 Å². The molecule has 0 aliphatic rings. The van der Waals surface area contributed by atoms with E-state index in [0.717, 1.165) is 49.8 Å². The van der Waals surface area contributed by atoms with E-state index in [1.807, 2.05) is 0 Å². The van der Waals surface area contributed by atoms with Crippen molar-refractivity contribution in [2.24, 2.45) is 5.73 Å². The van der Waals surface area contributed by atoms with Crippen LogP contribution in [0, 0.1) is 0 Å². The van der Waals surface area contributed by atoms with E-state index in [1.165, 1.54) is 12.1 Å². The fraction of sp³-hybridized carbons (Fsp3) is 0.500. The van der Waals surface area contributed by atoms with Gasteiger partial charge in [-0.3, -0.25) is 4.79 Å². The molecule has 0 heterocycles. The molecule has 1 amide bonds. The molecule has 0 saturated heterocycles. The molecule has 1 rings (SSSR count). The van der Waals surface area contributed by atoms with Gasteiger partial charge in [0.25, 0.3) is 0 Å². The highest BCUT2D eigenvalue weighted by molar-refractivity contribution is 5.73. The van der Waals surface area contributed by atoms with Gasteiger partial charge in [-0.1, -0.05) is 25.0 Å². The Balaban J connectivity index is 2.25. The first-order valence-electron chi connectivity index (χ1n) is 6.34. The second kappa shape index (κ2) is 7.16. The number of aryl methyl sites for hydroxylation is 1. The topological polar surface area (TPSA) is 43.1 Å². The van der Waals surface area contributed by atoms with Crippen LogP contribution in [0.1, 0.15) is 43.2 Å². The van der Waals surface area contributed by atoms with E-state index in [1.54, 1.807) is 0 Å². The molecule has 1 aromatic rings. The summed E-state index contributed by atoms with van der Waals surface area (Å²) in [4.78, 5) is 10.5. The lowest BCUT2D eigenvalue weighted by Gasteiger charge is -2.07. The van der Waals surface area contributed by atoms with E-state index in [0.29, 0.717) is 6.42 Å². The number of amides is 1. The number of unbranched alkanes of at least 4 members (excludes halogenated alkanes) is 3. The molecule has 0 atom stereocenters. The Hall–Kier alpha value is -1.52. The average Bonchev–Trinajstić information content (AvgIpc) is 2.32. The van der Waals surface area contributed by atoms with E-state index in [2.05, 4.69) is 0 Å². The molecule has 2 N–H and O–H groups in total. The van der Waals surface area contributed by atoms with Crippen LogP contribution in [0.15, 0.2) is 24.3 Å². The summed E-state index contributed by atoms with van der Waals surface area (Å²) in [5, 5.41) is 0. The second-order valence-electron chi connectivity index (χ2n) is 4.58. The quantitative estimate of drug-likeness (QED) is 0.756. The van der Waals surface area contributed by atoms with E-state index < -0.39 is 11.7 Å². The zero-order chi connectivity index (χ0) is 14.3. The van der Waals surface area contributed by atoms with Crippen LogP contribution < -0.4 is 5.73 Å². The fourth-order valence-corrected chi connectivity index (χ4v) is 1.84. The van der Waals surface area contributed by atoms with E-state index in [9.17, 15) is 18.0 Å². The summed E-state index contributed by atoms with van der Waals surface area (Å²) in [6.45, 7) is 0. The summed E-state index contributed by atoms with van der Waals surface area (Å²) in [6, 6.07) is 5.27. The van der Waals surface area contributed by atoms with Crippen molar-refractivity contribution >= 4 is 5.91 Å². The normalized spacial score (nSPS) is 11.5. The van der Waals surface area contributed by atoms with Gasteiger partial charge in [0, 0.05) is 6.42 Å². The minimum Gasteiger partial charge on any atom is -0.370 e. The third kappa shape index (κ3) is 6.27. The zero-order valence-corrected chi connectivity index (χ0v) is 10.7. The largest absolute Gasteiger partial charge is 0.416 e. The molecule has 19 heavy (non-hydrogen) atoms. The molecule has 5 heteroatoms. The van der Waals surface area contributed by atoms with Gasteiger partial charge in [0.1, 0.15) is 0 Å². The van der Waals surface area contributed by atoms with Gasteiger partial charge < -0.3 is 5.73 Å². The molecule has 0 saturated carbocycles. The van der Waals surface area contributed by atoms with Crippen molar-refractivity contribution in [3.05, 3.63) is 35.4 Å². The number of carbonyl (C=O) groups excluding carboxylic acids is 1. The summed E-state index contributed by atoms with van der Waals surface area (Å²) in [7, 11) is 0. The number of halogens is 3. The van der Waals surface area contributed by atoms with Gasteiger partial charge in [0.2, 0.25) is 5.91 Å². The number of nitrogens with two attached hydrogens (primary N) is 1. The first-order chi connectivity index (χ1) is 8.89. The van der Waals surface area contributed by atoms with Gasteiger partial charge in [-0.25, -0.2) is 0 Å². The summed E-state index contributed by atoms with van der Waals surface area (Å²) < 4.78 is 37.0. The third-order valence-electron chi connectivity index (χ3n) is 2.92. The van der Waals surface area contributed by atoms with Crippen molar-refractivity contribution < 1.29 is 18.0 Å². The van der Waals surface area contributed by atoms with Gasteiger partial charge in [-0.15, -0.1) is 0 Å². The van der Waals surface area contributed by atoms with E-state index in [4.69, 9.17) is 5.73 Å². The monoisotopic (exact) mass is 273 g/mol. The first-order valence-corrected chi connectivity index (χ1v) is 6.34. The number of rotatable bonds is 7. The summed E-state index contributed by atoms with van der Waals surface area (Å²) in [6.07, 6.45) is 0.451. The predicted molar refractivity (Wildman–Crippen MR) is 67.4 cm³/mol. The van der Waals surface area contributed by atoms with Crippen molar-refractivity contribution in [2.45, 2.75) is 44.7 Å². The maximum absolute atomic E-state index is 12.3. The van der Waals surface area contributed by atoms with Crippen molar-refractivity contribution in [1.29, 1.82) is 0 Å². The molecular formula is C14H18F3NO. The van der Waals surface area contributed by atoms with Crippen LogP contribution in [0.5, 0.6) is 0 Å². The van der Waals surface area contributed by atoms with Gasteiger partial charge in [-0.2, -0.15) is 13.2 Å². The van der Waals surface area contributed by atoms with Crippen molar-refractivity contribution in [1.82, 2.24) is 0 Å². The summed E-state index contributed by atoms with van der Waals surface area (Å²) >= 11 is 0. The molecule has 0 unspecified atom stereocenters. The molecule has 0 bridgehead atoms.